The summed E-state index contributed by atoms with van der Waals surface area (Å²) in [6.45, 7) is 0.427. The summed E-state index contributed by atoms with van der Waals surface area (Å²) in [6, 6.07) is 6.28. The summed E-state index contributed by atoms with van der Waals surface area (Å²) in [6.07, 6.45) is 0.460. The van der Waals surface area contributed by atoms with Gasteiger partial charge in [-0.1, -0.05) is 12.1 Å². The van der Waals surface area contributed by atoms with Gasteiger partial charge in [-0.15, -0.1) is 0 Å². The molecule has 6 nitrogen and oxygen atoms in total. The van der Waals surface area contributed by atoms with Crippen molar-refractivity contribution in [1.29, 1.82) is 0 Å². The number of hydrogen-bond donors (Lipinski definition) is 2. The Bertz CT molecular complexity index is 571. The van der Waals surface area contributed by atoms with Crippen LogP contribution in [-0.2, 0) is 14.8 Å². The number of rotatable bonds is 3. The molecule has 1 fully saturated rings. The van der Waals surface area contributed by atoms with Gasteiger partial charge in [0, 0.05) is 13.1 Å². The molecular weight excluding hydrogens is 254 g/mol. The Morgan fingerprint density at radius 3 is 2.56 bits per heavy atom. The molecule has 0 aromatic heterocycles. The number of benzene rings is 1. The van der Waals surface area contributed by atoms with Crippen molar-refractivity contribution in [2.45, 2.75) is 11.3 Å². The van der Waals surface area contributed by atoms with E-state index in [9.17, 15) is 13.2 Å². The fourth-order valence-electron chi connectivity index (χ4n) is 2.03. The highest BCUT2D eigenvalue weighted by Crippen LogP contribution is 2.27. The SMILES string of the molecule is NC(=O)C1CCN(S(=O)(=O)c2ccccc2N)C1. The molecule has 1 saturated heterocycles. The van der Waals surface area contributed by atoms with E-state index in [1.165, 1.54) is 16.4 Å². The average molecular weight is 269 g/mol. The van der Waals surface area contributed by atoms with Crippen LogP contribution < -0.4 is 11.5 Å². The van der Waals surface area contributed by atoms with Gasteiger partial charge in [0.05, 0.1) is 11.6 Å². The zero-order valence-corrected chi connectivity index (χ0v) is 10.6. The van der Waals surface area contributed by atoms with Crippen LogP contribution >= 0.6 is 0 Å². The number of hydrogen-bond acceptors (Lipinski definition) is 4. The minimum Gasteiger partial charge on any atom is -0.398 e. The number of carbonyl (C=O) groups excluding carboxylic acids is 1. The van der Waals surface area contributed by atoms with Crippen LogP contribution in [0.5, 0.6) is 0 Å². The Kier molecular flexibility index (Phi) is 3.27. The number of nitrogens with two attached hydrogens (primary N) is 2. The molecule has 1 aliphatic rings. The number of amides is 1. The zero-order chi connectivity index (χ0) is 13.3. The third-order valence-electron chi connectivity index (χ3n) is 3.09. The summed E-state index contributed by atoms with van der Waals surface area (Å²) < 4.78 is 25.9. The number of sulfonamides is 1. The summed E-state index contributed by atoms with van der Waals surface area (Å²) in [5.41, 5.74) is 11.1. The molecule has 98 valence electrons. The van der Waals surface area contributed by atoms with Gasteiger partial charge in [0.25, 0.3) is 0 Å². The van der Waals surface area contributed by atoms with Gasteiger partial charge in [-0.3, -0.25) is 4.79 Å². The molecule has 1 atom stereocenters. The van der Waals surface area contributed by atoms with E-state index in [1.54, 1.807) is 12.1 Å². The molecule has 1 amide bonds. The predicted molar refractivity (Wildman–Crippen MR) is 66.9 cm³/mol. The molecule has 0 saturated carbocycles. The van der Waals surface area contributed by atoms with Gasteiger partial charge >= 0.3 is 0 Å². The van der Waals surface area contributed by atoms with E-state index in [4.69, 9.17) is 11.5 Å². The average Bonchev–Trinajstić information content (AvgIpc) is 2.79. The first kappa shape index (κ1) is 12.8. The lowest BCUT2D eigenvalue weighted by molar-refractivity contribution is -0.121. The van der Waals surface area contributed by atoms with E-state index in [-0.39, 0.29) is 17.1 Å². The van der Waals surface area contributed by atoms with Crippen LogP contribution in [-0.4, -0.2) is 31.7 Å². The van der Waals surface area contributed by atoms with Crippen LogP contribution in [0, 0.1) is 5.92 Å². The fourth-order valence-corrected chi connectivity index (χ4v) is 3.65. The smallest absolute Gasteiger partial charge is 0.245 e. The number of nitrogens with zero attached hydrogens (tertiary/aromatic N) is 1. The van der Waals surface area contributed by atoms with Gasteiger partial charge in [-0.05, 0) is 18.6 Å². The van der Waals surface area contributed by atoms with Crippen LogP contribution in [0.25, 0.3) is 0 Å². The van der Waals surface area contributed by atoms with Gasteiger partial charge in [-0.2, -0.15) is 4.31 Å². The molecule has 4 N–H and O–H groups in total. The van der Waals surface area contributed by atoms with Crippen LogP contribution in [0.3, 0.4) is 0 Å². The Morgan fingerprint density at radius 2 is 2.00 bits per heavy atom. The number of nitrogen functional groups attached to an aromatic ring is 1. The maximum Gasteiger partial charge on any atom is 0.245 e. The predicted octanol–water partition coefficient (Wildman–Crippen LogP) is -0.235. The van der Waals surface area contributed by atoms with Crippen molar-refractivity contribution in [3.63, 3.8) is 0 Å². The highest BCUT2D eigenvalue weighted by molar-refractivity contribution is 7.89. The monoisotopic (exact) mass is 269 g/mol. The van der Waals surface area contributed by atoms with Crippen molar-refractivity contribution < 1.29 is 13.2 Å². The van der Waals surface area contributed by atoms with E-state index in [0.29, 0.717) is 13.0 Å². The molecule has 1 heterocycles. The molecule has 1 aromatic carbocycles. The van der Waals surface area contributed by atoms with E-state index >= 15 is 0 Å². The largest absolute Gasteiger partial charge is 0.398 e. The Balaban J connectivity index is 2.29. The normalized spacial score (nSPS) is 21.0. The van der Waals surface area contributed by atoms with E-state index in [0.717, 1.165) is 0 Å². The molecule has 0 spiro atoms. The van der Waals surface area contributed by atoms with E-state index in [1.807, 2.05) is 0 Å². The van der Waals surface area contributed by atoms with Crippen LogP contribution in [0.15, 0.2) is 29.2 Å². The second kappa shape index (κ2) is 4.58. The molecule has 1 aromatic rings. The van der Waals surface area contributed by atoms with Crippen molar-refractivity contribution in [2.75, 3.05) is 18.8 Å². The first-order valence-corrected chi connectivity index (χ1v) is 7.01. The van der Waals surface area contributed by atoms with Gasteiger partial charge in [0.15, 0.2) is 0 Å². The van der Waals surface area contributed by atoms with Crippen LogP contribution in [0.1, 0.15) is 6.42 Å². The highest BCUT2D eigenvalue weighted by Gasteiger charge is 2.35. The lowest BCUT2D eigenvalue weighted by Crippen LogP contribution is -2.32. The molecule has 0 aliphatic carbocycles. The molecule has 7 heteroatoms. The summed E-state index contributed by atoms with van der Waals surface area (Å²) >= 11 is 0. The summed E-state index contributed by atoms with van der Waals surface area (Å²) in [5, 5.41) is 0. The first-order valence-electron chi connectivity index (χ1n) is 5.57. The molecule has 1 unspecified atom stereocenters. The lowest BCUT2D eigenvalue weighted by atomic mass is 10.1. The Hall–Kier alpha value is -1.60. The maximum atomic E-state index is 12.3. The number of para-hydroxylation sites is 1. The van der Waals surface area contributed by atoms with Crippen molar-refractivity contribution in [1.82, 2.24) is 4.31 Å². The maximum absolute atomic E-state index is 12.3. The van der Waals surface area contributed by atoms with Gasteiger partial charge in [0.2, 0.25) is 15.9 Å². The minimum absolute atomic E-state index is 0.0788. The molecule has 18 heavy (non-hydrogen) atoms. The number of anilines is 1. The Labute approximate surface area is 106 Å². The Morgan fingerprint density at radius 1 is 1.33 bits per heavy atom. The molecule has 0 bridgehead atoms. The molecular formula is C11H15N3O3S. The van der Waals surface area contributed by atoms with Gasteiger partial charge < -0.3 is 11.5 Å². The topological polar surface area (TPSA) is 106 Å². The second-order valence-corrected chi connectivity index (χ2v) is 6.20. The molecule has 2 rings (SSSR count). The first-order chi connectivity index (χ1) is 8.43. The summed E-state index contributed by atoms with van der Waals surface area (Å²) in [5.74, 6) is -0.876. The van der Waals surface area contributed by atoms with Crippen molar-refractivity contribution in [3.05, 3.63) is 24.3 Å². The van der Waals surface area contributed by atoms with Gasteiger partial charge in [-0.25, -0.2) is 8.42 Å². The van der Waals surface area contributed by atoms with Crippen molar-refractivity contribution in [3.8, 4) is 0 Å². The fraction of sp³-hybridized carbons (Fsp3) is 0.364. The van der Waals surface area contributed by atoms with E-state index in [2.05, 4.69) is 0 Å². The van der Waals surface area contributed by atoms with Crippen LogP contribution in [0.4, 0.5) is 5.69 Å². The van der Waals surface area contributed by atoms with Crippen molar-refractivity contribution in [2.24, 2.45) is 11.7 Å². The molecule has 0 radical (unpaired) electrons. The minimum atomic E-state index is -3.64. The lowest BCUT2D eigenvalue weighted by Gasteiger charge is -2.17. The molecule has 1 aliphatic heterocycles. The summed E-state index contributed by atoms with van der Waals surface area (Å²) in [4.78, 5) is 11.1. The van der Waals surface area contributed by atoms with Gasteiger partial charge in [0.1, 0.15) is 4.90 Å². The number of primary amides is 1. The second-order valence-electron chi connectivity index (χ2n) is 4.29. The standard InChI is InChI=1S/C11H15N3O3S/c12-9-3-1-2-4-10(9)18(16,17)14-6-5-8(7-14)11(13)15/h1-4,8H,5-7,12H2,(H2,13,15). The quantitative estimate of drug-likeness (QED) is 0.739. The number of carbonyl (C=O) groups is 1. The third-order valence-corrected chi connectivity index (χ3v) is 5.03. The van der Waals surface area contributed by atoms with Crippen molar-refractivity contribution >= 4 is 21.6 Å². The van der Waals surface area contributed by atoms with E-state index < -0.39 is 21.8 Å². The third kappa shape index (κ3) is 2.19. The van der Waals surface area contributed by atoms with Crippen LogP contribution in [0.2, 0.25) is 0 Å². The zero-order valence-electron chi connectivity index (χ0n) is 9.74. The highest BCUT2D eigenvalue weighted by atomic mass is 32.2. The summed E-state index contributed by atoms with van der Waals surface area (Å²) in [7, 11) is -3.64.